The molecule has 4 heteroatoms. The predicted octanol–water partition coefficient (Wildman–Crippen LogP) is 1.12. The molecule has 0 amide bonds. The minimum atomic E-state index is 0.324. The second-order valence-electron chi connectivity index (χ2n) is 4.95. The Labute approximate surface area is 99.3 Å². The monoisotopic (exact) mass is 226 g/mol. The molecule has 3 N–H and O–H groups in total. The fraction of sp³-hybridized carbons (Fsp3) is 0.917. The molecule has 94 valence electrons. The van der Waals surface area contributed by atoms with Gasteiger partial charge in [0, 0.05) is 38.6 Å². The molecular formula is C12H26N4. The van der Waals surface area contributed by atoms with E-state index in [0.29, 0.717) is 11.9 Å². The van der Waals surface area contributed by atoms with Crippen LogP contribution in [0.3, 0.4) is 0 Å². The van der Waals surface area contributed by atoms with Gasteiger partial charge in [-0.2, -0.15) is 0 Å². The van der Waals surface area contributed by atoms with E-state index < -0.39 is 0 Å². The molecule has 0 spiro atoms. The summed E-state index contributed by atoms with van der Waals surface area (Å²) < 4.78 is 0. The molecule has 0 aromatic rings. The Bertz CT molecular complexity index is 207. The largest absolute Gasteiger partial charge is 0.388 e. The number of rotatable bonds is 6. The first-order valence-corrected chi connectivity index (χ1v) is 6.39. The van der Waals surface area contributed by atoms with Gasteiger partial charge in [-0.1, -0.05) is 0 Å². The lowest BCUT2D eigenvalue weighted by molar-refractivity contribution is 0.107. The first-order valence-electron chi connectivity index (χ1n) is 6.39. The highest BCUT2D eigenvalue weighted by Crippen LogP contribution is 2.07. The van der Waals surface area contributed by atoms with Crippen molar-refractivity contribution in [2.75, 3.05) is 32.7 Å². The number of piperazine rings is 1. The maximum Gasteiger partial charge on any atom is 0.0905 e. The van der Waals surface area contributed by atoms with Gasteiger partial charge in [0.1, 0.15) is 0 Å². The fourth-order valence-electron chi connectivity index (χ4n) is 2.15. The third-order valence-corrected chi connectivity index (χ3v) is 3.31. The Kier molecular flexibility index (Phi) is 5.77. The van der Waals surface area contributed by atoms with Crippen LogP contribution in [0.4, 0.5) is 0 Å². The minimum absolute atomic E-state index is 0.324. The van der Waals surface area contributed by atoms with Gasteiger partial charge in [-0.3, -0.25) is 10.3 Å². The molecule has 1 rings (SSSR count). The summed E-state index contributed by atoms with van der Waals surface area (Å²) in [5.41, 5.74) is 5.33. The maximum atomic E-state index is 7.15. The van der Waals surface area contributed by atoms with E-state index >= 15 is 0 Å². The first kappa shape index (κ1) is 13.5. The van der Waals surface area contributed by atoms with Gasteiger partial charge < -0.3 is 10.6 Å². The Morgan fingerprint density at radius 2 is 1.81 bits per heavy atom. The Hall–Kier alpha value is -0.610. The number of nitrogens with zero attached hydrogens (tertiary/aromatic N) is 2. The van der Waals surface area contributed by atoms with E-state index in [-0.39, 0.29) is 0 Å². The zero-order chi connectivity index (χ0) is 12.0. The quantitative estimate of drug-likeness (QED) is 0.405. The van der Waals surface area contributed by atoms with Gasteiger partial charge in [0.25, 0.3) is 0 Å². The van der Waals surface area contributed by atoms with E-state index in [9.17, 15) is 0 Å². The molecule has 0 saturated carbocycles. The van der Waals surface area contributed by atoms with E-state index in [0.717, 1.165) is 12.8 Å². The van der Waals surface area contributed by atoms with Gasteiger partial charge >= 0.3 is 0 Å². The average molecular weight is 226 g/mol. The number of nitrogens with one attached hydrogen (secondary N) is 1. The van der Waals surface area contributed by atoms with Crippen molar-refractivity contribution >= 4 is 5.84 Å². The molecule has 0 aliphatic carbocycles. The molecule has 0 radical (unpaired) electrons. The number of nitrogens with two attached hydrogens (primary N) is 1. The normalized spacial score (nSPS) is 19.2. The van der Waals surface area contributed by atoms with E-state index in [2.05, 4.69) is 23.6 Å². The SMILES string of the molecule is CC(C)N1CCN(CCCCC(=N)N)CC1. The molecule has 0 atom stereocenters. The maximum absolute atomic E-state index is 7.15. The van der Waals surface area contributed by atoms with Crippen LogP contribution in [0, 0.1) is 5.41 Å². The van der Waals surface area contributed by atoms with Crippen LogP contribution in [0.25, 0.3) is 0 Å². The molecule has 1 saturated heterocycles. The molecule has 1 aliphatic rings. The van der Waals surface area contributed by atoms with Crippen molar-refractivity contribution in [1.82, 2.24) is 9.80 Å². The summed E-state index contributed by atoms with van der Waals surface area (Å²) in [7, 11) is 0. The van der Waals surface area contributed by atoms with Gasteiger partial charge in [0.15, 0.2) is 0 Å². The van der Waals surface area contributed by atoms with Gasteiger partial charge in [-0.15, -0.1) is 0 Å². The van der Waals surface area contributed by atoms with Crippen molar-refractivity contribution < 1.29 is 0 Å². The van der Waals surface area contributed by atoms with Gasteiger partial charge in [0.05, 0.1) is 5.84 Å². The Balaban J connectivity index is 2.06. The molecule has 0 unspecified atom stereocenters. The van der Waals surface area contributed by atoms with Crippen LogP contribution in [0.1, 0.15) is 33.1 Å². The Morgan fingerprint density at radius 1 is 1.19 bits per heavy atom. The zero-order valence-electron chi connectivity index (χ0n) is 10.7. The highest BCUT2D eigenvalue weighted by Gasteiger charge is 2.17. The van der Waals surface area contributed by atoms with Crippen LogP contribution in [0.15, 0.2) is 0 Å². The first-order chi connectivity index (χ1) is 7.59. The van der Waals surface area contributed by atoms with Crippen LogP contribution in [0.2, 0.25) is 0 Å². The molecule has 1 heterocycles. The molecule has 1 fully saturated rings. The van der Waals surface area contributed by atoms with Gasteiger partial charge in [-0.25, -0.2) is 0 Å². The average Bonchev–Trinajstić information content (AvgIpc) is 2.25. The van der Waals surface area contributed by atoms with Gasteiger partial charge in [0.2, 0.25) is 0 Å². The number of hydrogen-bond donors (Lipinski definition) is 2. The summed E-state index contributed by atoms with van der Waals surface area (Å²) in [4.78, 5) is 5.06. The van der Waals surface area contributed by atoms with E-state index in [1.54, 1.807) is 0 Å². The number of amidine groups is 1. The summed E-state index contributed by atoms with van der Waals surface area (Å²) in [5, 5.41) is 7.15. The summed E-state index contributed by atoms with van der Waals surface area (Å²) >= 11 is 0. The van der Waals surface area contributed by atoms with Crippen LogP contribution in [-0.4, -0.2) is 54.4 Å². The van der Waals surface area contributed by atoms with Crippen molar-refractivity contribution in [3.05, 3.63) is 0 Å². The molecule has 16 heavy (non-hydrogen) atoms. The molecular weight excluding hydrogens is 200 g/mol. The second-order valence-corrected chi connectivity index (χ2v) is 4.95. The lowest BCUT2D eigenvalue weighted by Gasteiger charge is -2.36. The zero-order valence-corrected chi connectivity index (χ0v) is 10.7. The minimum Gasteiger partial charge on any atom is -0.388 e. The fourth-order valence-corrected chi connectivity index (χ4v) is 2.15. The summed E-state index contributed by atoms with van der Waals surface area (Å²) in [6.45, 7) is 10.5. The topological polar surface area (TPSA) is 56.4 Å². The lowest BCUT2D eigenvalue weighted by Crippen LogP contribution is -2.48. The van der Waals surface area contributed by atoms with Gasteiger partial charge in [-0.05, 0) is 33.2 Å². The molecule has 0 aromatic heterocycles. The third-order valence-electron chi connectivity index (χ3n) is 3.31. The van der Waals surface area contributed by atoms with E-state index in [1.165, 1.54) is 39.1 Å². The van der Waals surface area contributed by atoms with Crippen molar-refractivity contribution in [2.24, 2.45) is 5.73 Å². The van der Waals surface area contributed by atoms with E-state index in [1.807, 2.05) is 0 Å². The van der Waals surface area contributed by atoms with Crippen molar-refractivity contribution in [2.45, 2.75) is 39.2 Å². The molecule has 0 aromatic carbocycles. The lowest BCUT2D eigenvalue weighted by atomic mass is 10.2. The number of hydrogen-bond acceptors (Lipinski definition) is 3. The van der Waals surface area contributed by atoms with Crippen molar-refractivity contribution in [1.29, 1.82) is 5.41 Å². The van der Waals surface area contributed by atoms with Crippen LogP contribution < -0.4 is 5.73 Å². The van der Waals surface area contributed by atoms with E-state index in [4.69, 9.17) is 11.1 Å². The highest BCUT2D eigenvalue weighted by molar-refractivity contribution is 5.76. The highest BCUT2D eigenvalue weighted by atomic mass is 15.3. The second kappa shape index (κ2) is 6.86. The third kappa shape index (κ3) is 4.94. The molecule has 1 aliphatic heterocycles. The molecule has 0 bridgehead atoms. The smallest absolute Gasteiger partial charge is 0.0905 e. The predicted molar refractivity (Wildman–Crippen MR) is 68.9 cm³/mol. The van der Waals surface area contributed by atoms with Crippen molar-refractivity contribution in [3.8, 4) is 0 Å². The summed E-state index contributed by atoms with van der Waals surface area (Å²) in [5.74, 6) is 0.324. The van der Waals surface area contributed by atoms with Crippen LogP contribution in [-0.2, 0) is 0 Å². The van der Waals surface area contributed by atoms with Crippen LogP contribution >= 0.6 is 0 Å². The van der Waals surface area contributed by atoms with Crippen LogP contribution in [0.5, 0.6) is 0 Å². The standard InChI is InChI=1S/C12H26N4/c1-11(2)16-9-7-15(8-10-16)6-4-3-5-12(13)14/h11H,3-10H2,1-2H3,(H3,13,14). The summed E-state index contributed by atoms with van der Waals surface area (Å²) in [6, 6.07) is 0.680. The Morgan fingerprint density at radius 3 is 2.31 bits per heavy atom. The van der Waals surface area contributed by atoms with Crippen molar-refractivity contribution in [3.63, 3.8) is 0 Å². The number of unbranched alkanes of at least 4 members (excludes halogenated alkanes) is 1. The molecule has 4 nitrogen and oxygen atoms in total. The summed E-state index contributed by atoms with van der Waals surface area (Å²) in [6.07, 6.45) is 2.98.